The number of nitrogens with zero attached hydrogens (tertiary/aromatic N) is 2. The van der Waals surface area contributed by atoms with Gasteiger partial charge in [0.25, 0.3) is 5.91 Å². The van der Waals surface area contributed by atoms with Gasteiger partial charge in [-0.15, -0.1) is 0 Å². The number of carbonyl (C=O) groups is 3. The molecule has 0 bridgehead atoms. The molecule has 0 radical (unpaired) electrons. The van der Waals surface area contributed by atoms with E-state index in [1.807, 2.05) is 75.4 Å². The molecule has 7 nitrogen and oxygen atoms in total. The molecule has 2 aliphatic rings. The fourth-order valence-electron chi connectivity index (χ4n) is 5.74. The zero-order valence-corrected chi connectivity index (χ0v) is 21.4. The van der Waals surface area contributed by atoms with Gasteiger partial charge in [-0.05, 0) is 48.8 Å². The van der Waals surface area contributed by atoms with Crippen LogP contribution in [-0.2, 0) is 21.5 Å². The van der Waals surface area contributed by atoms with Crippen LogP contribution in [0.1, 0.15) is 56.9 Å². The average molecular weight is 487 g/mol. The maximum atomic E-state index is 14.1. The number of hydrogen-bond donors (Lipinski definition) is 2. The van der Waals surface area contributed by atoms with Crippen LogP contribution in [0, 0.1) is 5.92 Å². The fourth-order valence-corrected chi connectivity index (χ4v) is 5.74. The van der Waals surface area contributed by atoms with Crippen LogP contribution in [0.5, 0.6) is 0 Å². The summed E-state index contributed by atoms with van der Waals surface area (Å²) in [6.07, 6.45) is 1.07. The molecule has 2 aromatic carbocycles. The number of aromatic nitrogens is 1. The van der Waals surface area contributed by atoms with Gasteiger partial charge in [-0.1, -0.05) is 69.3 Å². The third kappa shape index (κ3) is 3.77. The van der Waals surface area contributed by atoms with Crippen LogP contribution < -0.4 is 5.32 Å². The lowest BCUT2D eigenvalue weighted by molar-refractivity contribution is -0.140. The van der Waals surface area contributed by atoms with Gasteiger partial charge in [-0.3, -0.25) is 9.59 Å². The molecule has 2 aliphatic heterocycles. The number of urea groups is 1. The maximum Gasteiger partial charge on any atom is 0.328 e. The van der Waals surface area contributed by atoms with Gasteiger partial charge in [0, 0.05) is 24.0 Å². The van der Waals surface area contributed by atoms with Crippen LogP contribution >= 0.6 is 0 Å². The van der Waals surface area contributed by atoms with Crippen molar-refractivity contribution < 1.29 is 14.4 Å². The SMILES string of the molecule is CC(C)C[C@@H](C(=O)NC[C@H](C)c1ccccc1)N1C(=O)N2CCc3c([nH]c4ccccc34)[C@@]2(C)C1=O. The lowest BCUT2D eigenvalue weighted by Crippen LogP contribution is -2.52. The smallest absolute Gasteiger partial charge is 0.328 e. The molecule has 2 N–H and O–H groups in total. The fraction of sp³-hybridized carbons (Fsp3) is 0.414. The van der Waals surface area contributed by atoms with Gasteiger partial charge >= 0.3 is 6.03 Å². The maximum absolute atomic E-state index is 14.1. The highest BCUT2D eigenvalue weighted by atomic mass is 16.2. The van der Waals surface area contributed by atoms with Crippen molar-refractivity contribution in [3.63, 3.8) is 0 Å². The third-order valence-corrected chi connectivity index (χ3v) is 7.76. The number of para-hydroxylation sites is 1. The van der Waals surface area contributed by atoms with E-state index in [9.17, 15) is 14.4 Å². The number of nitrogens with one attached hydrogen (secondary N) is 2. The van der Waals surface area contributed by atoms with E-state index in [0.717, 1.165) is 27.7 Å². The monoisotopic (exact) mass is 486 g/mol. The van der Waals surface area contributed by atoms with Gasteiger partial charge < -0.3 is 15.2 Å². The number of benzene rings is 2. The molecule has 4 amide bonds. The van der Waals surface area contributed by atoms with Crippen LogP contribution in [0.15, 0.2) is 54.6 Å². The van der Waals surface area contributed by atoms with Crippen molar-refractivity contribution in [2.24, 2.45) is 5.92 Å². The molecular formula is C29H34N4O3. The molecule has 0 spiro atoms. The summed E-state index contributed by atoms with van der Waals surface area (Å²) in [6.45, 7) is 8.74. The highest BCUT2D eigenvalue weighted by Crippen LogP contribution is 2.45. The lowest BCUT2D eigenvalue weighted by Gasteiger charge is -2.36. The van der Waals surface area contributed by atoms with Crippen molar-refractivity contribution in [3.8, 4) is 0 Å². The van der Waals surface area contributed by atoms with Gasteiger partial charge in [0.1, 0.15) is 6.04 Å². The molecule has 1 saturated heterocycles. The highest BCUT2D eigenvalue weighted by molar-refractivity contribution is 6.11. The molecule has 3 heterocycles. The second-order valence-electron chi connectivity index (χ2n) is 10.7. The number of fused-ring (bicyclic) bond motifs is 5. The first-order chi connectivity index (χ1) is 17.2. The summed E-state index contributed by atoms with van der Waals surface area (Å²) < 4.78 is 0. The van der Waals surface area contributed by atoms with Crippen molar-refractivity contribution in [1.29, 1.82) is 0 Å². The number of hydrogen-bond acceptors (Lipinski definition) is 3. The Kier molecular flexibility index (Phi) is 6.10. The van der Waals surface area contributed by atoms with E-state index in [1.54, 1.807) is 4.90 Å². The summed E-state index contributed by atoms with van der Waals surface area (Å²) in [6, 6.07) is 16.7. The number of amides is 4. The van der Waals surface area contributed by atoms with E-state index in [4.69, 9.17) is 0 Å². The molecule has 0 saturated carbocycles. The molecule has 3 atom stereocenters. The first kappa shape index (κ1) is 24.1. The van der Waals surface area contributed by atoms with Gasteiger partial charge in [-0.2, -0.15) is 0 Å². The normalized spacial score (nSPS) is 21.0. The molecule has 3 aromatic rings. The summed E-state index contributed by atoms with van der Waals surface area (Å²) in [4.78, 5) is 47.6. The van der Waals surface area contributed by atoms with Crippen LogP contribution in [-0.4, -0.2) is 51.8 Å². The summed E-state index contributed by atoms with van der Waals surface area (Å²) in [7, 11) is 0. The van der Waals surface area contributed by atoms with E-state index in [-0.39, 0.29) is 29.7 Å². The second kappa shape index (κ2) is 9.12. The molecule has 188 valence electrons. The van der Waals surface area contributed by atoms with Crippen LogP contribution in [0.3, 0.4) is 0 Å². The van der Waals surface area contributed by atoms with E-state index in [1.165, 1.54) is 4.90 Å². The minimum Gasteiger partial charge on any atom is -0.356 e. The van der Waals surface area contributed by atoms with Crippen molar-refractivity contribution in [2.45, 2.75) is 58.0 Å². The number of rotatable bonds is 7. The molecule has 7 heteroatoms. The van der Waals surface area contributed by atoms with E-state index < -0.39 is 11.6 Å². The standard InChI is InChI=1S/C29H34N4O3/c1-18(2)16-24(26(34)30-17-19(3)20-10-6-5-7-11-20)33-27(35)29(4)25-22(14-15-32(29)28(33)36)21-12-8-9-13-23(21)31-25/h5-13,18-19,24,31H,14-17H2,1-4H3,(H,30,34)/t19-,24-,29-/m0/s1. The van der Waals surface area contributed by atoms with Gasteiger partial charge in [-0.25, -0.2) is 9.69 Å². The molecule has 5 rings (SSSR count). The van der Waals surface area contributed by atoms with Crippen molar-refractivity contribution in [3.05, 3.63) is 71.4 Å². The number of aromatic amines is 1. The molecule has 1 aromatic heterocycles. The molecule has 0 unspecified atom stereocenters. The lowest BCUT2D eigenvalue weighted by atomic mass is 9.86. The Hall–Kier alpha value is -3.61. The number of H-pyrrole nitrogens is 1. The van der Waals surface area contributed by atoms with Crippen molar-refractivity contribution >= 4 is 28.7 Å². The Bertz CT molecular complexity index is 1310. The topological polar surface area (TPSA) is 85.5 Å². The summed E-state index contributed by atoms with van der Waals surface area (Å²) in [5, 5.41) is 4.11. The van der Waals surface area contributed by atoms with Crippen LogP contribution in [0.4, 0.5) is 4.79 Å². The van der Waals surface area contributed by atoms with E-state index in [0.29, 0.717) is 25.9 Å². The van der Waals surface area contributed by atoms with Crippen LogP contribution in [0.2, 0.25) is 0 Å². The molecule has 36 heavy (non-hydrogen) atoms. The predicted molar refractivity (Wildman–Crippen MR) is 139 cm³/mol. The number of imide groups is 1. The zero-order chi connectivity index (χ0) is 25.6. The highest BCUT2D eigenvalue weighted by Gasteiger charge is 2.60. The van der Waals surface area contributed by atoms with Gasteiger partial charge in [0.15, 0.2) is 5.54 Å². The Morgan fingerprint density at radius 1 is 1.06 bits per heavy atom. The van der Waals surface area contributed by atoms with E-state index >= 15 is 0 Å². The Morgan fingerprint density at radius 3 is 2.47 bits per heavy atom. The summed E-state index contributed by atoms with van der Waals surface area (Å²) in [5.74, 6) is -0.384. The average Bonchev–Trinajstić information content (AvgIpc) is 3.35. The third-order valence-electron chi connectivity index (χ3n) is 7.76. The molecule has 0 aliphatic carbocycles. The number of carbonyl (C=O) groups excluding carboxylic acids is 3. The Balaban J connectivity index is 1.44. The van der Waals surface area contributed by atoms with Crippen LogP contribution in [0.25, 0.3) is 10.9 Å². The molecule has 1 fully saturated rings. The second-order valence-corrected chi connectivity index (χ2v) is 10.7. The predicted octanol–water partition coefficient (Wildman–Crippen LogP) is 4.54. The summed E-state index contributed by atoms with van der Waals surface area (Å²) in [5.41, 5.74) is 2.76. The Morgan fingerprint density at radius 2 is 1.75 bits per heavy atom. The minimum atomic E-state index is -1.16. The Labute approximate surface area is 211 Å². The largest absolute Gasteiger partial charge is 0.356 e. The zero-order valence-electron chi connectivity index (χ0n) is 21.4. The van der Waals surface area contributed by atoms with Gasteiger partial charge in [0.05, 0.1) is 5.69 Å². The van der Waals surface area contributed by atoms with Crippen molar-refractivity contribution in [1.82, 2.24) is 20.1 Å². The molecular weight excluding hydrogens is 452 g/mol. The van der Waals surface area contributed by atoms with Gasteiger partial charge in [0.2, 0.25) is 5.91 Å². The minimum absolute atomic E-state index is 0.109. The first-order valence-electron chi connectivity index (χ1n) is 12.8. The van der Waals surface area contributed by atoms with Crippen molar-refractivity contribution in [2.75, 3.05) is 13.1 Å². The summed E-state index contributed by atoms with van der Waals surface area (Å²) >= 11 is 0. The van der Waals surface area contributed by atoms with E-state index in [2.05, 4.69) is 17.2 Å². The quantitative estimate of drug-likeness (QED) is 0.481. The first-order valence-corrected chi connectivity index (χ1v) is 12.8.